The minimum atomic E-state index is -1.77. The molecule has 2 rings (SSSR count). The van der Waals surface area contributed by atoms with Gasteiger partial charge in [0.2, 0.25) is 0 Å². The molecule has 0 spiro atoms. The van der Waals surface area contributed by atoms with Gasteiger partial charge in [-0.15, -0.1) is 0 Å². The molecule has 0 radical (unpaired) electrons. The number of carboxylic acids is 1. The molecular formula is C24H44O6Si. The molecule has 31 heavy (non-hydrogen) atoms. The lowest BCUT2D eigenvalue weighted by Crippen LogP contribution is -2.39. The second-order valence-corrected chi connectivity index (χ2v) is 14.5. The molecule has 1 unspecified atom stereocenters. The summed E-state index contributed by atoms with van der Waals surface area (Å²) in [6.07, 6.45) is 9.61. The molecule has 7 heteroatoms. The van der Waals surface area contributed by atoms with Crippen LogP contribution in [-0.2, 0) is 18.7 Å². The molecule has 1 saturated heterocycles. The van der Waals surface area contributed by atoms with Crippen LogP contribution in [0.4, 0.5) is 0 Å². The van der Waals surface area contributed by atoms with Crippen LogP contribution in [-0.4, -0.2) is 56.2 Å². The monoisotopic (exact) mass is 456 g/mol. The Bertz CT molecular complexity index is 558. The molecule has 1 heterocycles. The van der Waals surface area contributed by atoms with Crippen molar-refractivity contribution in [3.63, 3.8) is 0 Å². The summed E-state index contributed by atoms with van der Waals surface area (Å²) < 4.78 is 18.7. The Kier molecular flexibility index (Phi) is 11.2. The van der Waals surface area contributed by atoms with E-state index in [1.165, 1.54) is 0 Å². The zero-order valence-electron chi connectivity index (χ0n) is 19.9. The first-order valence-corrected chi connectivity index (χ1v) is 15.3. The van der Waals surface area contributed by atoms with E-state index in [-0.39, 0.29) is 30.7 Å². The number of hydrogen-bond donors (Lipinski definition) is 2. The van der Waals surface area contributed by atoms with Gasteiger partial charge in [-0.25, -0.2) is 0 Å². The topological polar surface area (TPSA) is 85.2 Å². The van der Waals surface area contributed by atoms with Gasteiger partial charge < -0.3 is 24.1 Å². The molecular weight excluding hydrogens is 412 g/mol. The molecule has 6 nitrogen and oxygen atoms in total. The molecule has 2 N–H and O–H groups in total. The van der Waals surface area contributed by atoms with Crippen LogP contribution >= 0.6 is 0 Å². The Labute approximate surface area is 189 Å². The van der Waals surface area contributed by atoms with Crippen LogP contribution in [0, 0.1) is 17.8 Å². The van der Waals surface area contributed by atoms with Crippen LogP contribution in [0.2, 0.25) is 19.1 Å². The number of allylic oxidation sites excluding steroid dienone is 2. The van der Waals surface area contributed by atoms with E-state index in [9.17, 15) is 9.90 Å². The van der Waals surface area contributed by atoms with Gasteiger partial charge in [-0.3, -0.25) is 4.79 Å². The van der Waals surface area contributed by atoms with E-state index in [1.807, 2.05) is 6.08 Å². The number of carbonyl (C=O) groups is 1. The normalized spacial score (nSPS) is 29.8. The summed E-state index contributed by atoms with van der Waals surface area (Å²) in [5.74, 6) is 0.0919. The first-order chi connectivity index (χ1) is 14.7. The van der Waals surface area contributed by atoms with E-state index in [0.717, 1.165) is 44.8 Å². The molecule has 0 aromatic rings. The maximum absolute atomic E-state index is 10.8. The van der Waals surface area contributed by atoms with Crippen LogP contribution in [0.25, 0.3) is 0 Å². The van der Waals surface area contributed by atoms with Gasteiger partial charge in [0.25, 0.3) is 0 Å². The lowest BCUT2D eigenvalue weighted by molar-refractivity contribution is -0.197. The number of hydrogen-bond acceptors (Lipinski definition) is 5. The quantitative estimate of drug-likeness (QED) is 0.231. The van der Waals surface area contributed by atoms with E-state index in [1.54, 1.807) is 0 Å². The molecule has 1 aliphatic carbocycles. The average Bonchev–Trinajstić information content (AvgIpc) is 2.97. The predicted molar refractivity (Wildman–Crippen MR) is 124 cm³/mol. The third-order valence-electron chi connectivity index (χ3n) is 6.36. The fourth-order valence-electron chi connectivity index (χ4n) is 4.99. The van der Waals surface area contributed by atoms with Crippen LogP contribution in [0.1, 0.15) is 65.2 Å². The van der Waals surface area contributed by atoms with E-state index in [2.05, 4.69) is 33.0 Å². The summed E-state index contributed by atoms with van der Waals surface area (Å²) in [4.78, 5) is 10.7. The highest BCUT2D eigenvalue weighted by atomic mass is 28.4. The van der Waals surface area contributed by atoms with E-state index < -0.39 is 20.4 Å². The van der Waals surface area contributed by atoms with Gasteiger partial charge in [-0.1, -0.05) is 26.0 Å². The van der Waals surface area contributed by atoms with E-state index >= 15 is 0 Å². The maximum Gasteiger partial charge on any atom is 0.303 e. The highest BCUT2D eigenvalue weighted by Crippen LogP contribution is 2.39. The second kappa shape index (κ2) is 13.1. The Hall–Kier alpha value is -0.733. The molecule has 2 fully saturated rings. The molecule has 1 aliphatic heterocycles. The van der Waals surface area contributed by atoms with Crippen LogP contribution < -0.4 is 0 Å². The third-order valence-corrected chi connectivity index (χ3v) is 9.11. The average molecular weight is 457 g/mol. The summed E-state index contributed by atoms with van der Waals surface area (Å²) in [6, 6.07) is 1.12. The molecule has 0 aromatic carbocycles. The molecule has 0 amide bonds. The summed E-state index contributed by atoms with van der Waals surface area (Å²) >= 11 is 0. The number of unbranched alkanes of at least 4 members (excludes halogenated alkanes) is 1. The molecule has 0 aromatic heterocycles. The van der Waals surface area contributed by atoms with Crippen molar-refractivity contribution in [1.29, 1.82) is 0 Å². The smallest absolute Gasteiger partial charge is 0.303 e. The van der Waals surface area contributed by atoms with Gasteiger partial charge in [0.1, 0.15) is 0 Å². The fraction of sp³-hybridized carbons (Fsp3) is 0.875. The van der Waals surface area contributed by atoms with Crippen LogP contribution in [0.3, 0.4) is 0 Å². The van der Waals surface area contributed by atoms with Crippen molar-refractivity contribution >= 4 is 14.3 Å². The minimum Gasteiger partial charge on any atom is -0.481 e. The largest absolute Gasteiger partial charge is 0.481 e. The lowest BCUT2D eigenvalue weighted by atomic mass is 9.91. The fourth-order valence-corrected chi connectivity index (χ4v) is 7.72. The SMILES string of the molecule is CC(C)C[Si](C)(C)OC[C@@H]1[C@@H](CC=CCCCC(=O)O)[C@@H](O)C[C@H]1OC1CCCCO1. The van der Waals surface area contributed by atoms with Crippen molar-refractivity contribution in [2.24, 2.45) is 17.8 Å². The summed E-state index contributed by atoms with van der Waals surface area (Å²) in [5.41, 5.74) is 0. The summed E-state index contributed by atoms with van der Waals surface area (Å²) in [7, 11) is -1.77. The summed E-state index contributed by atoms with van der Waals surface area (Å²) in [5, 5.41) is 19.6. The van der Waals surface area contributed by atoms with Gasteiger partial charge in [0, 0.05) is 32.0 Å². The van der Waals surface area contributed by atoms with Crippen molar-refractivity contribution in [2.75, 3.05) is 13.2 Å². The number of rotatable bonds is 13. The Balaban J connectivity index is 1.98. The van der Waals surface area contributed by atoms with Gasteiger partial charge in [-0.2, -0.15) is 0 Å². The number of aliphatic carboxylic acids is 1. The highest BCUT2D eigenvalue weighted by molar-refractivity contribution is 6.71. The van der Waals surface area contributed by atoms with E-state index in [4.69, 9.17) is 19.0 Å². The Morgan fingerprint density at radius 3 is 2.65 bits per heavy atom. The second-order valence-electron chi connectivity index (χ2n) is 10.3. The molecule has 180 valence electrons. The zero-order chi connectivity index (χ0) is 22.9. The zero-order valence-corrected chi connectivity index (χ0v) is 20.9. The number of aliphatic hydroxyl groups excluding tert-OH is 1. The molecule has 5 atom stereocenters. The number of carboxylic acid groups (broad SMARTS) is 1. The number of aliphatic hydroxyl groups is 1. The Morgan fingerprint density at radius 1 is 1.23 bits per heavy atom. The van der Waals surface area contributed by atoms with Crippen molar-refractivity contribution < 1.29 is 28.9 Å². The molecule has 0 bridgehead atoms. The van der Waals surface area contributed by atoms with Gasteiger partial charge in [-0.05, 0) is 69.5 Å². The summed E-state index contributed by atoms with van der Waals surface area (Å²) in [6.45, 7) is 10.4. The first-order valence-electron chi connectivity index (χ1n) is 12.1. The molecule has 1 saturated carbocycles. The maximum atomic E-state index is 10.8. The Morgan fingerprint density at radius 2 is 2.00 bits per heavy atom. The van der Waals surface area contributed by atoms with Gasteiger partial charge >= 0.3 is 5.97 Å². The third kappa shape index (κ3) is 9.74. The predicted octanol–water partition coefficient (Wildman–Crippen LogP) is 4.97. The van der Waals surface area contributed by atoms with Crippen molar-refractivity contribution in [3.05, 3.63) is 12.2 Å². The minimum absolute atomic E-state index is 0.0487. The van der Waals surface area contributed by atoms with Crippen molar-refractivity contribution in [1.82, 2.24) is 0 Å². The molecule has 2 aliphatic rings. The first kappa shape index (κ1) is 26.5. The standard InChI is InChI=1S/C24H44O6Si/c1-18(2)17-31(3,4)29-16-20-19(11-7-5-6-8-12-23(26)27)21(25)15-22(20)30-24-13-9-10-14-28-24/h5,7,18-22,24-25H,6,8-17H2,1-4H3,(H,26,27)/t19-,20-,21+,22-,24?/m1/s1. The van der Waals surface area contributed by atoms with Crippen molar-refractivity contribution in [2.45, 2.75) is 103 Å². The van der Waals surface area contributed by atoms with Gasteiger partial charge in [0.05, 0.1) is 12.2 Å². The van der Waals surface area contributed by atoms with Crippen molar-refractivity contribution in [3.8, 4) is 0 Å². The highest BCUT2D eigenvalue weighted by Gasteiger charge is 2.44. The van der Waals surface area contributed by atoms with Crippen LogP contribution in [0.5, 0.6) is 0 Å². The lowest BCUT2D eigenvalue weighted by Gasteiger charge is -2.33. The number of ether oxygens (including phenoxy) is 2. The van der Waals surface area contributed by atoms with E-state index in [0.29, 0.717) is 25.4 Å². The van der Waals surface area contributed by atoms with Gasteiger partial charge in [0.15, 0.2) is 14.6 Å². The van der Waals surface area contributed by atoms with Crippen LogP contribution in [0.15, 0.2) is 12.2 Å².